The molecule has 2 atom stereocenters. The lowest BCUT2D eigenvalue weighted by Gasteiger charge is -2.34. The van der Waals surface area contributed by atoms with E-state index in [0.717, 1.165) is 13.1 Å². The van der Waals surface area contributed by atoms with Crippen molar-refractivity contribution in [3.05, 3.63) is 17.5 Å². The first-order valence-electron chi connectivity index (χ1n) is 5.61. The number of aromatic carboxylic acids is 1. The molecule has 0 spiro atoms. The van der Waals surface area contributed by atoms with Gasteiger partial charge in [-0.2, -0.15) is 0 Å². The summed E-state index contributed by atoms with van der Waals surface area (Å²) in [4.78, 5) is 12.8. The molecule has 0 aromatic carbocycles. The Morgan fingerprint density at radius 2 is 2.18 bits per heavy atom. The van der Waals surface area contributed by atoms with Gasteiger partial charge >= 0.3 is 5.97 Å². The van der Waals surface area contributed by atoms with Crippen molar-refractivity contribution in [2.24, 2.45) is 0 Å². The molecule has 0 aliphatic carbocycles. The summed E-state index contributed by atoms with van der Waals surface area (Å²) < 4.78 is 10.6. The van der Waals surface area contributed by atoms with Gasteiger partial charge in [0.05, 0.1) is 18.8 Å². The predicted octanol–water partition coefficient (Wildman–Crippen LogP) is 0.982. The zero-order chi connectivity index (χ0) is 12.4. The summed E-state index contributed by atoms with van der Waals surface area (Å²) in [6, 6.07) is 1.47. The van der Waals surface area contributed by atoms with Crippen LogP contribution in [0.1, 0.15) is 30.1 Å². The Morgan fingerprint density at radius 3 is 2.71 bits per heavy atom. The average molecular weight is 240 g/mol. The van der Waals surface area contributed by atoms with Crippen LogP contribution in [0.25, 0.3) is 0 Å². The van der Waals surface area contributed by atoms with E-state index in [2.05, 4.69) is 10.1 Å². The fourth-order valence-corrected chi connectivity index (χ4v) is 2.12. The smallest absolute Gasteiger partial charge is 0.358 e. The van der Waals surface area contributed by atoms with Crippen molar-refractivity contribution < 1.29 is 19.2 Å². The van der Waals surface area contributed by atoms with Gasteiger partial charge in [0.25, 0.3) is 0 Å². The fraction of sp³-hybridized carbons (Fsp3) is 0.636. The van der Waals surface area contributed by atoms with Gasteiger partial charge in [-0.05, 0) is 13.8 Å². The van der Waals surface area contributed by atoms with Crippen molar-refractivity contribution in [3.8, 4) is 0 Å². The number of rotatable bonds is 3. The summed E-state index contributed by atoms with van der Waals surface area (Å²) in [7, 11) is 0. The average Bonchev–Trinajstić information content (AvgIpc) is 2.64. The van der Waals surface area contributed by atoms with E-state index >= 15 is 0 Å². The highest BCUT2D eigenvalue weighted by atomic mass is 16.5. The van der Waals surface area contributed by atoms with Crippen molar-refractivity contribution in [2.45, 2.75) is 32.6 Å². The summed E-state index contributed by atoms with van der Waals surface area (Å²) in [5.74, 6) is -0.493. The highest BCUT2D eigenvalue weighted by Gasteiger charge is 2.23. The molecule has 1 fully saturated rings. The van der Waals surface area contributed by atoms with Crippen LogP contribution in [0.3, 0.4) is 0 Å². The number of morpholine rings is 1. The molecule has 17 heavy (non-hydrogen) atoms. The van der Waals surface area contributed by atoms with Crippen LogP contribution in [0.15, 0.2) is 10.6 Å². The quantitative estimate of drug-likeness (QED) is 0.848. The SMILES string of the molecule is C[C@@H]1CN(Cc2cc(C(=O)O)no2)C[C@H](C)O1. The van der Waals surface area contributed by atoms with Crippen LogP contribution < -0.4 is 0 Å². The Balaban J connectivity index is 1.97. The zero-order valence-electron chi connectivity index (χ0n) is 9.92. The van der Waals surface area contributed by atoms with Gasteiger partial charge in [-0.1, -0.05) is 5.16 Å². The van der Waals surface area contributed by atoms with Gasteiger partial charge < -0.3 is 14.4 Å². The third-order valence-electron chi connectivity index (χ3n) is 2.65. The van der Waals surface area contributed by atoms with Crippen LogP contribution in [-0.2, 0) is 11.3 Å². The first kappa shape index (κ1) is 12.1. The maximum absolute atomic E-state index is 10.7. The number of nitrogens with zero attached hydrogens (tertiary/aromatic N) is 2. The highest BCUT2D eigenvalue weighted by molar-refractivity contribution is 5.85. The molecule has 0 saturated carbocycles. The second-order valence-electron chi connectivity index (χ2n) is 4.44. The van der Waals surface area contributed by atoms with E-state index < -0.39 is 5.97 Å². The van der Waals surface area contributed by atoms with Crippen molar-refractivity contribution in [1.82, 2.24) is 10.1 Å². The molecule has 2 rings (SSSR count). The highest BCUT2D eigenvalue weighted by Crippen LogP contribution is 2.14. The second kappa shape index (κ2) is 4.85. The molecule has 0 unspecified atom stereocenters. The molecule has 0 amide bonds. The molecule has 0 radical (unpaired) electrons. The fourth-order valence-electron chi connectivity index (χ4n) is 2.12. The van der Waals surface area contributed by atoms with E-state index in [1.54, 1.807) is 0 Å². The second-order valence-corrected chi connectivity index (χ2v) is 4.44. The first-order chi connectivity index (χ1) is 8.04. The van der Waals surface area contributed by atoms with Crippen LogP contribution in [0.2, 0.25) is 0 Å². The van der Waals surface area contributed by atoms with Crippen molar-refractivity contribution in [1.29, 1.82) is 0 Å². The summed E-state index contributed by atoms with van der Waals surface area (Å²) in [5.41, 5.74) is -0.0469. The van der Waals surface area contributed by atoms with E-state index in [4.69, 9.17) is 14.4 Å². The standard InChI is InChI=1S/C11H16N2O4/c1-7-4-13(5-8(2)16-7)6-9-3-10(11(14)15)12-17-9/h3,7-8H,4-6H2,1-2H3,(H,14,15)/t7-,8+. The molecule has 1 N–H and O–H groups in total. The first-order valence-corrected chi connectivity index (χ1v) is 5.61. The van der Waals surface area contributed by atoms with Gasteiger partial charge in [-0.25, -0.2) is 4.79 Å². The van der Waals surface area contributed by atoms with Crippen molar-refractivity contribution in [2.75, 3.05) is 13.1 Å². The van der Waals surface area contributed by atoms with Gasteiger partial charge in [0.1, 0.15) is 0 Å². The van der Waals surface area contributed by atoms with Gasteiger partial charge in [-0.3, -0.25) is 4.90 Å². The summed E-state index contributed by atoms with van der Waals surface area (Å²) in [6.07, 6.45) is 0.362. The molecule has 0 bridgehead atoms. The summed E-state index contributed by atoms with van der Waals surface area (Å²) in [5, 5.41) is 12.2. The minimum atomic E-state index is -1.07. The van der Waals surface area contributed by atoms with Crippen molar-refractivity contribution >= 4 is 5.97 Å². The number of carboxylic acid groups (broad SMARTS) is 1. The Hall–Kier alpha value is -1.40. The van der Waals surface area contributed by atoms with Crippen LogP contribution >= 0.6 is 0 Å². The van der Waals surface area contributed by atoms with E-state index in [0.29, 0.717) is 12.3 Å². The summed E-state index contributed by atoms with van der Waals surface area (Å²) >= 11 is 0. The number of aromatic nitrogens is 1. The third kappa shape index (κ3) is 3.04. The van der Waals surface area contributed by atoms with Gasteiger partial charge in [0, 0.05) is 19.2 Å². The summed E-state index contributed by atoms with van der Waals surface area (Å²) in [6.45, 7) is 6.23. The number of hydrogen-bond acceptors (Lipinski definition) is 5. The van der Waals surface area contributed by atoms with Crippen LogP contribution in [0, 0.1) is 0 Å². The number of hydrogen-bond donors (Lipinski definition) is 1. The van der Waals surface area contributed by atoms with Gasteiger partial charge in [0.2, 0.25) is 0 Å². The predicted molar refractivity (Wildman–Crippen MR) is 58.7 cm³/mol. The molecule has 1 aliphatic rings. The van der Waals surface area contributed by atoms with Gasteiger partial charge in [-0.15, -0.1) is 0 Å². The Labute approximate surface area is 99.1 Å². The molecule has 1 saturated heterocycles. The van der Waals surface area contributed by atoms with E-state index in [1.165, 1.54) is 6.07 Å². The maximum Gasteiger partial charge on any atom is 0.358 e. The normalized spacial score (nSPS) is 26.0. The largest absolute Gasteiger partial charge is 0.476 e. The lowest BCUT2D eigenvalue weighted by molar-refractivity contribution is -0.0721. The number of carboxylic acids is 1. The Bertz CT molecular complexity index is 394. The minimum absolute atomic E-state index is 0.0469. The van der Waals surface area contributed by atoms with Gasteiger partial charge in [0.15, 0.2) is 11.5 Å². The lowest BCUT2D eigenvalue weighted by Crippen LogP contribution is -2.44. The minimum Gasteiger partial charge on any atom is -0.476 e. The molecule has 1 aromatic heterocycles. The van der Waals surface area contributed by atoms with Crippen LogP contribution in [-0.4, -0.2) is 46.4 Å². The van der Waals surface area contributed by atoms with E-state index in [1.807, 2.05) is 13.8 Å². The molecular weight excluding hydrogens is 224 g/mol. The molecule has 6 nitrogen and oxygen atoms in total. The third-order valence-corrected chi connectivity index (χ3v) is 2.65. The number of ether oxygens (including phenoxy) is 1. The van der Waals surface area contributed by atoms with E-state index in [9.17, 15) is 4.79 Å². The Kier molecular flexibility index (Phi) is 3.44. The monoisotopic (exact) mass is 240 g/mol. The number of carbonyl (C=O) groups is 1. The maximum atomic E-state index is 10.7. The Morgan fingerprint density at radius 1 is 1.53 bits per heavy atom. The molecule has 2 heterocycles. The molecule has 1 aromatic rings. The van der Waals surface area contributed by atoms with Crippen molar-refractivity contribution in [3.63, 3.8) is 0 Å². The lowest BCUT2D eigenvalue weighted by atomic mass is 10.2. The van der Waals surface area contributed by atoms with E-state index in [-0.39, 0.29) is 17.9 Å². The zero-order valence-corrected chi connectivity index (χ0v) is 9.92. The van der Waals surface area contributed by atoms with Crippen LogP contribution in [0.5, 0.6) is 0 Å². The van der Waals surface area contributed by atoms with Crippen LogP contribution in [0.4, 0.5) is 0 Å². The molecule has 1 aliphatic heterocycles. The molecule has 94 valence electrons. The topological polar surface area (TPSA) is 75.8 Å². The molecule has 6 heteroatoms. The molecular formula is C11H16N2O4.